The van der Waals surface area contributed by atoms with Crippen LogP contribution in [0, 0.1) is 0 Å². The monoisotopic (exact) mass is 192 g/mol. The molecule has 2 rings (SSSR count). The van der Waals surface area contributed by atoms with E-state index < -0.39 is 0 Å². The van der Waals surface area contributed by atoms with Crippen molar-refractivity contribution < 1.29 is 0 Å². The molecule has 0 amide bonds. The third-order valence-electron chi connectivity index (χ3n) is 2.60. The largest absolute Gasteiger partial charge is 0.383 e. The Bertz CT molecular complexity index is 359. The lowest BCUT2D eigenvalue weighted by Gasteiger charge is -2.10. The highest BCUT2D eigenvalue weighted by atomic mass is 15.0. The van der Waals surface area contributed by atoms with Crippen molar-refractivity contribution in [2.24, 2.45) is 0 Å². The summed E-state index contributed by atoms with van der Waals surface area (Å²) in [4.78, 5) is 8.83. The van der Waals surface area contributed by atoms with Crippen LogP contribution in [0.3, 0.4) is 0 Å². The molecule has 1 aromatic heterocycles. The Morgan fingerprint density at radius 3 is 2.79 bits per heavy atom. The third-order valence-corrected chi connectivity index (χ3v) is 2.60. The fraction of sp³-hybridized carbons (Fsp3) is 0.600. The van der Waals surface area contributed by atoms with E-state index in [4.69, 9.17) is 5.73 Å². The van der Waals surface area contributed by atoms with Gasteiger partial charge in [0.1, 0.15) is 11.6 Å². The topological polar surface area (TPSA) is 63.8 Å². The van der Waals surface area contributed by atoms with Crippen LogP contribution in [0.1, 0.15) is 49.8 Å². The number of aromatic nitrogens is 2. The summed E-state index contributed by atoms with van der Waals surface area (Å²) in [6.45, 7) is 7.05. The Labute approximate surface area is 83.9 Å². The number of hydrogen-bond acceptors (Lipinski definition) is 4. The van der Waals surface area contributed by atoms with Crippen molar-refractivity contribution >= 4 is 5.82 Å². The smallest absolute Gasteiger partial charge is 0.133 e. The molecule has 0 saturated heterocycles. The molecule has 0 fully saturated rings. The van der Waals surface area contributed by atoms with Crippen LogP contribution in [0.15, 0.2) is 0 Å². The molecule has 0 radical (unpaired) electrons. The molecule has 76 valence electrons. The van der Waals surface area contributed by atoms with Crippen LogP contribution in [-0.4, -0.2) is 9.97 Å². The average molecular weight is 192 g/mol. The molecule has 0 spiro atoms. The molecule has 1 unspecified atom stereocenters. The van der Waals surface area contributed by atoms with E-state index in [0.717, 1.165) is 23.6 Å². The normalized spacial score (nSPS) is 20.1. The van der Waals surface area contributed by atoms with Gasteiger partial charge in [-0.15, -0.1) is 0 Å². The fourth-order valence-corrected chi connectivity index (χ4v) is 1.77. The summed E-state index contributed by atoms with van der Waals surface area (Å²) in [5, 5.41) is 3.31. The standard InChI is InChI=1S/C10H16N4/c1-5(2)10-13-7-4-12-6(3)8(7)9(11)14-10/h5-6,12H,4H2,1-3H3,(H2,11,13,14). The molecule has 1 aromatic rings. The molecule has 3 N–H and O–H groups in total. The summed E-state index contributed by atoms with van der Waals surface area (Å²) in [6, 6.07) is 0.284. The maximum Gasteiger partial charge on any atom is 0.133 e. The van der Waals surface area contributed by atoms with Gasteiger partial charge in [0.05, 0.1) is 5.69 Å². The summed E-state index contributed by atoms with van der Waals surface area (Å²) < 4.78 is 0. The van der Waals surface area contributed by atoms with E-state index in [-0.39, 0.29) is 6.04 Å². The highest BCUT2D eigenvalue weighted by Crippen LogP contribution is 2.28. The molecule has 4 nitrogen and oxygen atoms in total. The molecule has 0 bridgehead atoms. The van der Waals surface area contributed by atoms with E-state index >= 15 is 0 Å². The van der Waals surface area contributed by atoms with Crippen molar-refractivity contribution in [3.05, 3.63) is 17.1 Å². The van der Waals surface area contributed by atoms with E-state index in [0.29, 0.717) is 11.7 Å². The first-order valence-electron chi connectivity index (χ1n) is 4.99. The first-order valence-corrected chi connectivity index (χ1v) is 4.99. The van der Waals surface area contributed by atoms with Gasteiger partial charge in [-0.25, -0.2) is 9.97 Å². The maximum absolute atomic E-state index is 5.91. The van der Waals surface area contributed by atoms with Crippen LogP contribution >= 0.6 is 0 Å². The maximum atomic E-state index is 5.91. The quantitative estimate of drug-likeness (QED) is 0.705. The SMILES string of the molecule is CC(C)c1nc(N)c2c(n1)CNC2C. The summed E-state index contributed by atoms with van der Waals surface area (Å²) in [5.74, 6) is 1.81. The second kappa shape index (κ2) is 3.20. The van der Waals surface area contributed by atoms with Gasteiger partial charge < -0.3 is 11.1 Å². The minimum Gasteiger partial charge on any atom is -0.383 e. The molecule has 14 heavy (non-hydrogen) atoms. The number of nitrogens with two attached hydrogens (primary N) is 1. The molecule has 0 aromatic carbocycles. The fourth-order valence-electron chi connectivity index (χ4n) is 1.77. The molecule has 0 aliphatic carbocycles. The van der Waals surface area contributed by atoms with Crippen LogP contribution in [0.5, 0.6) is 0 Å². The number of nitrogen functional groups attached to an aromatic ring is 1. The second-order valence-electron chi connectivity index (χ2n) is 4.08. The minimum atomic E-state index is 0.284. The second-order valence-corrected chi connectivity index (χ2v) is 4.08. The molecule has 1 aliphatic rings. The molecule has 1 atom stereocenters. The summed E-state index contributed by atoms with van der Waals surface area (Å²) in [7, 11) is 0. The van der Waals surface area contributed by atoms with Crippen molar-refractivity contribution in [3.8, 4) is 0 Å². The lowest BCUT2D eigenvalue weighted by atomic mass is 10.1. The van der Waals surface area contributed by atoms with Crippen molar-refractivity contribution in [2.75, 3.05) is 5.73 Å². The van der Waals surface area contributed by atoms with Crippen LogP contribution in [0.4, 0.5) is 5.82 Å². The van der Waals surface area contributed by atoms with E-state index in [1.54, 1.807) is 0 Å². The first kappa shape index (κ1) is 9.40. The van der Waals surface area contributed by atoms with Crippen LogP contribution in [-0.2, 0) is 6.54 Å². The van der Waals surface area contributed by atoms with Crippen molar-refractivity contribution in [1.29, 1.82) is 0 Å². The Kier molecular flexibility index (Phi) is 2.15. The highest BCUT2D eigenvalue weighted by Gasteiger charge is 2.24. The first-order chi connectivity index (χ1) is 6.59. The van der Waals surface area contributed by atoms with Gasteiger partial charge in [0.15, 0.2) is 0 Å². The summed E-state index contributed by atoms with van der Waals surface area (Å²) in [6.07, 6.45) is 0. The zero-order valence-corrected chi connectivity index (χ0v) is 8.83. The number of anilines is 1. The lowest BCUT2D eigenvalue weighted by Crippen LogP contribution is -2.09. The molecule has 4 heteroatoms. The Balaban J connectivity index is 2.51. The Morgan fingerprint density at radius 2 is 2.14 bits per heavy atom. The number of hydrogen-bond donors (Lipinski definition) is 2. The van der Waals surface area contributed by atoms with Gasteiger partial charge in [-0.3, -0.25) is 0 Å². The van der Waals surface area contributed by atoms with Crippen molar-refractivity contribution in [3.63, 3.8) is 0 Å². The van der Waals surface area contributed by atoms with Gasteiger partial charge >= 0.3 is 0 Å². The summed E-state index contributed by atoms with van der Waals surface area (Å²) >= 11 is 0. The minimum absolute atomic E-state index is 0.284. The number of fused-ring (bicyclic) bond motifs is 1. The van der Waals surface area contributed by atoms with Gasteiger partial charge in [-0.1, -0.05) is 13.8 Å². The van der Waals surface area contributed by atoms with Gasteiger partial charge in [0.2, 0.25) is 0 Å². The van der Waals surface area contributed by atoms with Crippen molar-refractivity contribution in [1.82, 2.24) is 15.3 Å². The van der Waals surface area contributed by atoms with Crippen molar-refractivity contribution in [2.45, 2.75) is 39.3 Å². The zero-order chi connectivity index (χ0) is 10.3. The van der Waals surface area contributed by atoms with E-state index in [9.17, 15) is 0 Å². The average Bonchev–Trinajstić information content (AvgIpc) is 2.48. The molecular formula is C10H16N4. The van der Waals surface area contributed by atoms with Gasteiger partial charge in [-0.2, -0.15) is 0 Å². The van der Waals surface area contributed by atoms with Crippen LogP contribution < -0.4 is 11.1 Å². The van der Waals surface area contributed by atoms with Gasteiger partial charge in [-0.05, 0) is 6.92 Å². The number of nitrogens with one attached hydrogen (secondary N) is 1. The van der Waals surface area contributed by atoms with Crippen LogP contribution in [0.2, 0.25) is 0 Å². The van der Waals surface area contributed by atoms with E-state index in [1.165, 1.54) is 0 Å². The predicted molar refractivity (Wildman–Crippen MR) is 55.8 cm³/mol. The predicted octanol–water partition coefficient (Wildman–Crippen LogP) is 1.35. The molecule has 2 heterocycles. The van der Waals surface area contributed by atoms with Gasteiger partial charge in [0, 0.05) is 24.1 Å². The van der Waals surface area contributed by atoms with Crippen LogP contribution in [0.25, 0.3) is 0 Å². The molecular weight excluding hydrogens is 176 g/mol. The third kappa shape index (κ3) is 1.35. The Hall–Kier alpha value is -1.16. The van der Waals surface area contributed by atoms with E-state index in [1.807, 2.05) is 0 Å². The van der Waals surface area contributed by atoms with Gasteiger partial charge in [0.25, 0.3) is 0 Å². The number of nitrogens with zero attached hydrogens (tertiary/aromatic N) is 2. The number of rotatable bonds is 1. The van der Waals surface area contributed by atoms with E-state index in [2.05, 4.69) is 36.1 Å². The highest BCUT2D eigenvalue weighted by molar-refractivity contribution is 5.46. The zero-order valence-electron chi connectivity index (χ0n) is 8.83. The summed E-state index contributed by atoms with van der Waals surface area (Å²) in [5.41, 5.74) is 8.05. The molecule has 1 aliphatic heterocycles. The Morgan fingerprint density at radius 1 is 1.43 bits per heavy atom. The lowest BCUT2D eigenvalue weighted by molar-refractivity contribution is 0.632. The molecule has 0 saturated carbocycles.